The van der Waals surface area contributed by atoms with Crippen LogP contribution in [-0.2, 0) is 14.8 Å². The third-order valence-corrected chi connectivity index (χ3v) is 4.82. The zero-order valence-corrected chi connectivity index (χ0v) is 11.9. The summed E-state index contributed by atoms with van der Waals surface area (Å²) < 4.78 is 31.9. The molecule has 0 radical (unpaired) electrons. The first-order chi connectivity index (χ1) is 9.36. The number of aliphatic hydroxyl groups is 1. The van der Waals surface area contributed by atoms with Gasteiger partial charge in [-0.25, -0.2) is 13.1 Å². The van der Waals surface area contributed by atoms with Gasteiger partial charge in [0.15, 0.2) is 0 Å². The molecule has 1 atom stereocenters. The quantitative estimate of drug-likeness (QED) is 0.832. The van der Waals surface area contributed by atoms with E-state index in [-0.39, 0.29) is 23.6 Å². The number of nitriles is 1. The van der Waals surface area contributed by atoms with Crippen LogP contribution >= 0.6 is 0 Å². The minimum absolute atomic E-state index is 0.0547. The van der Waals surface area contributed by atoms with Gasteiger partial charge in [0, 0.05) is 19.6 Å². The van der Waals surface area contributed by atoms with E-state index in [0.717, 1.165) is 0 Å². The number of sulfonamides is 1. The van der Waals surface area contributed by atoms with E-state index in [1.807, 2.05) is 6.07 Å². The molecule has 0 amide bonds. The Bertz CT molecular complexity index is 643. The average Bonchev–Trinajstić information content (AvgIpc) is 2.85. The van der Waals surface area contributed by atoms with E-state index in [0.29, 0.717) is 18.6 Å². The highest BCUT2D eigenvalue weighted by molar-refractivity contribution is 7.89. The van der Waals surface area contributed by atoms with Crippen molar-refractivity contribution >= 4 is 10.0 Å². The minimum Gasteiger partial charge on any atom is -0.386 e. The van der Waals surface area contributed by atoms with Gasteiger partial charge in [0.2, 0.25) is 10.0 Å². The van der Waals surface area contributed by atoms with Crippen molar-refractivity contribution in [2.24, 2.45) is 0 Å². The van der Waals surface area contributed by atoms with Crippen LogP contribution in [-0.4, -0.2) is 38.9 Å². The minimum atomic E-state index is -3.77. The number of hydrogen-bond donors (Lipinski definition) is 2. The molecule has 2 rings (SSSR count). The molecule has 1 aliphatic heterocycles. The number of rotatable bonds is 4. The second kappa shape index (κ2) is 5.50. The van der Waals surface area contributed by atoms with Crippen molar-refractivity contribution in [1.29, 1.82) is 5.26 Å². The van der Waals surface area contributed by atoms with E-state index >= 15 is 0 Å². The van der Waals surface area contributed by atoms with Crippen LogP contribution in [0.1, 0.15) is 17.5 Å². The Labute approximate surface area is 118 Å². The molecule has 0 saturated carbocycles. The number of benzene rings is 1. The molecular weight excluding hydrogens is 280 g/mol. The van der Waals surface area contributed by atoms with Gasteiger partial charge in [0.25, 0.3) is 0 Å². The predicted octanol–water partition coefficient (Wildman–Crippen LogP) is 0.296. The van der Waals surface area contributed by atoms with Crippen molar-refractivity contribution in [2.75, 3.05) is 19.8 Å². The summed E-state index contributed by atoms with van der Waals surface area (Å²) in [6, 6.07) is 6.38. The fourth-order valence-electron chi connectivity index (χ4n) is 2.00. The number of nitrogens with zero attached hydrogens (tertiary/aromatic N) is 1. The first kappa shape index (κ1) is 14.9. The van der Waals surface area contributed by atoms with E-state index < -0.39 is 15.6 Å². The summed E-state index contributed by atoms with van der Waals surface area (Å²) in [6.45, 7) is 2.09. The van der Waals surface area contributed by atoms with Gasteiger partial charge in [-0.05, 0) is 24.6 Å². The van der Waals surface area contributed by atoms with Gasteiger partial charge in [-0.1, -0.05) is 6.07 Å². The Morgan fingerprint density at radius 1 is 1.55 bits per heavy atom. The van der Waals surface area contributed by atoms with E-state index in [1.165, 1.54) is 6.07 Å². The first-order valence-electron chi connectivity index (χ1n) is 6.17. The summed E-state index contributed by atoms with van der Waals surface area (Å²) in [6.07, 6.45) is 0.396. The van der Waals surface area contributed by atoms with Gasteiger partial charge in [-0.15, -0.1) is 0 Å². The molecule has 0 bridgehead atoms. The molecule has 1 aromatic rings. The van der Waals surface area contributed by atoms with Crippen LogP contribution in [0.15, 0.2) is 23.1 Å². The van der Waals surface area contributed by atoms with E-state index in [4.69, 9.17) is 10.00 Å². The van der Waals surface area contributed by atoms with Crippen molar-refractivity contribution in [2.45, 2.75) is 23.8 Å². The molecule has 0 aliphatic carbocycles. The van der Waals surface area contributed by atoms with Gasteiger partial charge in [0.05, 0.1) is 23.1 Å². The molecular formula is C13H16N2O4S. The van der Waals surface area contributed by atoms with Crippen molar-refractivity contribution in [3.05, 3.63) is 29.3 Å². The van der Waals surface area contributed by atoms with Crippen LogP contribution in [0, 0.1) is 18.3 Å². The van der Waals surface area contributed by atoms with Crippen LogP contribution in [0.3, 0.4) is 0 Å². The predicted molar refractivity (Wildman–Crippen MR) is 71.5 cm³/mol. The maximum absolute atomic E-state index is 12.2. The van der Waals surface area contributed by atoms with Gasteiger partial charge >= 0.3 is 0 Å². The number of aryl methyl sites for hydroxylation is 1. The molecule has 1 aromatic carbocycles. The lowest BCUT2D eigenvalue weighted by Gasteiger charge is -2.21. The fraction of sp³-hybridized carbons (Fsp3) is 0.462. The standard InChI is InChI=1S/C13H16N2O4S/c1-10-2-3-11(7-14)6-12(10)20(17,18)15-8-13(16)4-5-19-9-13/h2-3,6,15-16H,4-5,8-9H2,1H3. The van der Waals surface area contributed by atoms with Crippen LogP contribution in [0.25, 0.3) is 0 Å². The lowest BCUT2D eigenvalue weighted by atomic mass is 10.1. The Kier molecular flexibility index (Phi) is 4.11. The first-order valence-corrected chi connectivity index (χ1v) is 7.65. The Hall–Kier alpha value is -1.46. The highest BCUT2D eigenvalue weighted by atomic mass is 32.2. The molecule has 1 saturated heterocycles. The maximum Gasteiger partial charge on any atom is 0.240 e. The molecule has 1 fully saturated rings. The summed E-state index contributed by atoms with van der Waals surface area (Å²) in [7, 11) is -3.77. The third kappa shape index (κ3) is 3.16. The highest BCUT2D eigenvalue weighted by Crippen LogP contribution is 2.20. The van der Waals surface area contributed by atoms with E-state index in [9.17, 15) is 13.5 Å². The fourth-order valence-corrected chi connectivity index (χ4v) is 3.39. The van der Waals surface area contributed by atoms with Crippen LogP contribution in [0.4, 0.5) is 0 Å². The van der Waals surface area contributed by atoms with Crippen molar-refractivity contribution in [3.8, 4) is 6.07 Å². The number of hydrogen-bond acceptors (Lipinski definition) is 5. The lowest BCUT2D eigenvalue weighted by Crippen LogP contribution is -2.43. The lowest BCUT2D eigenvalue weighted by molar-refractivity contribution is 0.0314. The van der Waals surface area contributed by atoms with Crippen molar-refractivity contribution in [3.63, 3.8) is 0 Å². The number of ether oxygens (including phenoxy) is 1. The van der Waals surface area contributed by atoms with Crippen LogP contribution in [0.2, 0.25) is 0 Å². The summed E-state index contributed by atoms with van der Waals surface area (Å²) >= 11 is 0. The highest BCUT2D eigenvalue weighted by Gasteiger charge is 2.33. The Balaban J connectivity index is 2.20. The smallest absolute Gasteiger partial charge is 0.240 e. The molecule has 0 spiro atoms. The zero-order valence-electron chi connectivity index (χ0n) is 11.1. The van der Waals surface area contributed by atoms with Crippen molar-refractivity contribution < 1.29 is 18.3 Å². The molecule has 1 aliphatic rings. The molecule has 20 heavy (non-hydrogen) atoms. The third-order valence-electron chi connectivity index (χ3n) is 3.28. The van der Waals surface area contributed by atoms with E-state index in [2.05, 4.69) is 4.72 Å². The van der Waals surface area contributed by atoms with Gasteiger partial charge in [-0.3, -0.25) is 0 Å². The number of nitrogens with one attached hydrogen (secondary N) is 1. The SMILES string of the molecule is Cc1ccc(C#N)cc1S(=O)(=O)NCC1(O)CCOC1. The molecule has 6 nitrogen and oxygen atoms in total. The van der Waals surface area contributed by atoms with Gasteiger partial charge in [0.1, 0.15) is 5.60 Å². The Morgan fingerprint density at radius 3 is 2.90 bits per heavy atom. The second-order valence-electron chi connectivity index (χ2n) is 4.94. The molecule has 0 aromatic heterocycles. The normalized spacial score (nSPS) is 22.6. The monoisotopic (exact) mass is 296 g/mol. The second-order valence-corrected chi connectivity index (χ2v) is 6.68. The molecule has 108 valence electrons. The summed E-state index contributed by atoms with van der Waals surface area (Å²) in [5.41, 5.74) is -0.335. The topological polar surface area (TPSA) is 99.4 Å². The van der Waals surface area contributed by atoms with Crippen molar-refractivity contribution in [1.82, 2.24) is 4.72 Å². The summed E-state index contributed by atoms with van der Waals surface area (Å²) in [5, 5.41) is 18.9. The van der Waals surface area contributed by atoms with E-state index in [1.54, 1.807) is 19.1 Å². The summed E-state index contributed by atoms with van der Waals surface area (Å²) in [4.78, 5) is 0.0547. The Morgan fingerprint density at radius 2 is 2.30 bits per heavy atom. The maximum atomic E-state index is 12.2. The molecule has 2 N–H and O–H groups in total. The van der Waals surface area contributed by atoms with Gasteiger partial charge < -0.3 is 9.84 Å². The molecule has 1 unspecified atom stereocenters. The summed E-state index contributed by atoms with van der Waals surface area (Å²) in [5.74, 6) is 0. The largest absolute Gasteiger partial charge is 0.386 e. The van der Waals surface area contributed by atoms with Crippen LogP contribution < -0.4 is 4.72 Å². The molecule has 1 heterocycles. The zero-order chi connectivity index (χ0) is 14.8. The molecule has 7 heteroatoms. The van der Waals surface area contributed by atoms with Crippen LogP contribution in [0.5, 0.6) is 0 Å². The average molecular weight is 296 g/mol. The van der Waals surface area contributed by atoms with Gasteiger partial charge in [-0.2, -0.15) is 5.26 Å².